The fourth-order valence-corrected chi connectivity index (χ4v) is 3.73. The molecule has 2 aromatic rings. The van der Waals surface area contributed by atoms with Crippen molar-refractivity contribution < 1.29 is 27.5 Å². The Kier molecular flexibility index (Phi) is 8.48. The van der Waals surface area contributed by atoms with Crippen LogP contribution in [0.15, 0.2) is 42.5 Å². The Morgan fingerprint density at radius 3 is 2.34 bits per heavy atom. The highest BCUT2D eigenvalue weighted by molar-refractivity contribution is 7.92. The maximum Gasteiger partial charge on any atom is 0.253 e. The first-order valence-corrected chi connectivity index (χ1v) is 11.8. The predicted octanol–water partition coefficient (Wildman–Crippen LogP) is 2.49. The van der Waals surface area contributed by atoms with Crippen molar-refractivity contribution in [2.24, 2.45) is 5.92 Å². The van der Waals surface area contributed by atoms with Gasteiger partial charge in [-0.15, -0.1) is 0 Å². The molecular weight excluding hydrogens is 434 g/mol. The SMILES string of the molecule is COc1ccc(N(CC(=O)Nc2ccccc2C(=O)NCC(C)C)S(C)(=O)=O)c(OC)c1. The second-order valence-electron chi connectivity index (χ2n) is 7.51. The molecule has 0 radical (unpaired) electrons. The molecule has 2 rings (SSSR count). The van der Waals surface area contributed by atoms with Crippen LogP contribution < -0.4 is 24.4 Å². The molecule has 0 aliphatic heterocycles. The Labute approximate surface area is 188 Å². The van der Waals surface area contributed by atoms with E-state index in [2.05, 4.69) is 10.6 Å². The van der Waals surface area contributed by atoms with Crippen molar-refractivity contribution in [3.8, 4) is 11.5 Å². The highest BCUT2D eigenvalue weighted by Gasteiger charge is 2.25. The first kappa shape index (κ1) is 25.0. The number of amides is 2. The van der Waals surface area contributed by atoms with Gasteiger partial charge in [0.1, 0.15) is 18.0 Å². The summed E-state index contributed by atoms with van der Waals surface area (Å²) in [6.45, 7) is 3.92. The van der Waals surface area contributed by atoms with Crippen LogP contribution in [-0.4, -0.2) is 53.8 Å². The molecule has 0 heterocycles. The number of rotatable bonds is 10. The number of nitrogens with zero attached hydrogens (tertiary/aromatic N) is 1. The van der Waals surface area contributed by atoms with E-state index in [-0.39, 0.29) is 34.5 Å². The van der Waals surface area contributed by atoms with Crippen molar-refractivity contribution in [2.75, 3.05) is 43.2 Å². The van der Waals surface area contributed by atoms with Crippen molar-refractivity contribution in [1.82, 2.24) is 5.32 Å². The minimum atomic E-state index is -3.83. The molecular formula is C22H29N3O6S. The van der Waals surface area contributed by atoms with Gasteiger partial charge in [-0.3, -0.25) is 13.9 Å². The molecule has 2 aromatic carbocycles. The molecule has 0 atom stereocenters. The molecule has 2 amide bonds. The molecule has 0 fully saturated rings. The van der Waals surface area contributed by atoms with Crippen molar-refractivity contribution in [3.05, 3.63) is 48.0 Å². The minimum absolute atomic E-state index is 0.189. The summed E-state index contributed by atoms with van der Waals surface area (Å²) in [6, 6.07) is 11.1. The smallest absolute Gasteiger partial charge is 0.253 e. The summed E-state index contributed by atoms with van der Waals surface area (Å²) in [5.41, 5.74) is 0.761. The summed E-state index contributed by atoms with van der Waals surface area (Å²) in [6.07, 6.45) is 0.997. The number of anilines is 2. The molecule has 0 unspecified atom stereocenters. The van der Waals surface area contributed by atoms with Gasteiger partial charge >= 0.3 is 0 Å². The molecule has 0 spiro atoms. The maximum atomic E-state index is 12.8. The predicted molar refractivity (Wildman–Crippen MR) is 124 cm³/mol. The van der Waals surface area contributed by atoms with Gasteiger partial charge in [-0.1, -0.05) is 26.0 Å². The number of sulfonamides is 1. The van der Waals surface area contributed by atoms with Gasteiger partial charge in [0.05, 0.1) is 37.4 Å². The summed E-state index contributed by atoms with van der Waals surface area (Å²) in [5.74, 6) is 0.0353. The maximum absolute atomic E-state index is 12.8. The molecule has 0 bridgehead atoms. The van der Waals surface area contributed by atoms with Gasteiger partial charge in [0, 0.05) is 12.6 Å². The number of carbonyl (C=O) groups excluding carboxylic acids is 2. The van der Waals surface area contributed by atoms with E-state index < -0.39 is 22.5 Å². The van der Waals surface area contributed by atoms with Crippen LogP contribution in [-0.2, 0) is 14.8 Å². The second-order valence-corrected chi connectivity index (χ2v) is 9.41. The molecule has 2 N–H and O–H groups in total. The second kappa shape index (κ2) is 10.9. The number of nitrogens with one attached hydrogen (secondary N) is 2. The first-order chi connectivity index (χ1) is 15.1. The van der Waals surface area contributed by atoms with Gasteiger partial charge in [-0.2, -0.15) is 0 Å². The summed E-state index contributed by atoms with van der Waals surface area (Å²) in [4.78, 5) is 25.3. The van der Waals surface area contributed by atoms with Crippen LogP contribution in [0, 0.1) is 5.92 Å². The summed E-state index contributed by atoms with van der Waals surface area (Å²) in [5, 5.41) is 5.44. The highest BCUT2D eigenvalue weighted by atomic mass is 32.2. The van der Waals surface area contributed by atoms with E-state index in [4.69, 9.17) is 9.47 Å². The van der Waals surface area contributed by atoms with Gasteiger partial charge in [0.15, 0.2) is 0 Å². The van der Waals surface area contributed by atoms with E-state index in [1.54, 1.807) is 30.3 Å². The number of methoxy groups -OCH3 is 2. The van der Waals surface area contributed by atoms with Crippen LogP contribution in [0.4, 0.5) is 11.4 Å². The van der Waals surface area contributed by atoms with E-state index in [0.717, 1.165) is 10.6 Å². The van der Waals surface area contributed by atoms with Crippen LogP contribution in [0.25, 0.3) is 0 Å². The van der Waals surface area contributed by atoms with Gasteiger partial charge in [0.25, 0.3) is 5.91 Å². The zero-order chi connectivity index (χ0) is 23.9. The zero-order valence-corrected chi connectivity index (χ0v) is 19.7. The summed E-state index contributed by atoms with van der Waals surface area (Å²) < 4.78 is 36.3. The molecule has 0 aliphatic carbocycles. The lowest BCUT2D eigenvalue weighted by Crippen LogP contribution is -2.38. The minimum Gasteiger partial charge on any atom is -0.497 e. The Morgan fingerprint density at radius 2 is 1.75 bits per heavy atom. The van der Waals surface area contributed by atoms with Crippen LogP contribution >= 0.6 is 0 Å². The van der Waals surface area contributed by atoms with Crippen LogP contribution in [0.5, 0.6) is 11.5 Å². The molecule has 9 nitrogen and oxygen atoms in total. The molecule has 0 saturated carbocycles. The average molecular weight is 464 g/mol. The molecule has 0 aliphatic rings. The van der Waals surface area contributed by atoms with Crippen molar-refractivity contribution in [1.29, 1.82) is 0 Å². The molecule has 32 heavy (non-hydrogen) atoms. The van der Waals surface area contributed by atoms with E-state index in [1.165, 1.54) is 26.4 Å². The largest absolute Gasteiger partial charge is 0.497 e. The molecule has 174 valence electrons. The summed E-state index contributed by atoms with van der Waals surface area (Å²) in [7, 11) is -0.959. The number of carbonyl (C=O) groups is 2. The fourth-order valence-electron chi connectivity index (χ4n) is 2.87. The van der Waals surface area contributed by atoms with E-state index in [1.807, 2.05) is 13.8 Å². The van der Waals surface area contributed by atoms with E-state index in [0.29, 0.717) is 12.3 Å². The van der Waals surface area contributed by atoms with Gasteiger partial charge < -0.3 is 20.1 Å². The average Bonchev–Trinajstić information content (AvgIpc) is 2.75. The number of ether oxygens (including phenoxy) is 2. The zero-order valence-electron chi connectivity index (χ0n) is 18.8. The topological polar surface area (TPSA) is 114 Å². The van der Waals surface area contributed by atoms with E-state index >= 15 is 0 Å². The number of hydrogen-bond donors (Lipinski definition) is 2. The van der Waals surface area contributed by atoms with Crippen LogP contribution in [0.2, 0.25) is 0 Å². The lowest BCUT2D eigenvalue weighted by molar-refractivity contribution is -0.114. The molecule has 10 heteroatoms. The summed E-state index contributed by atoms with van der Waals surface area (Å²) >= 11 is 0. The van der Waals surface area contributed by atoms with Gasteiger partial charge in [-0.25, -0.2) is 8.42 Å². The number of hydrogen-bond acceptors (Lipinski definition) is 6. The third-order valence-corrected chi connectivity index (χ3v) is 5.59. The Balaban J connectivity index is 2.28. The normalized spacial score (nSPS) is 11.1. The number of benzene rings is 2. The quantitative estimate of drug-likeness (QED) is 0.560. The standard InChI is InChI=1S/C22H29N3O6S/c1-15(2)13-23-22(27)17-8-6-7-9-18(17)24-21(26)14-25(32(5,28)29)19-11-10-16(30-3)12-20(19)31-4/h6-12,15H,13-14H2,1-5H3,(H,23,27)(H,24,26). The van der Waals surface area contributed by atoms with Crippen LogP contribution in [0.3, 0.4) is 0 Å². The van der Waals surface area contributed by atoms with Crippen molar-refractivity contribution >= 4 is 33.2 Å². The van der Waals surface area contributed by atoms with Crippen molar-refractivity contribution in [2.45, 2.75) is 13.8 Å². The monoisotopic (exact) mass is 463 g/mol. The molecule has 0 saturated heterocycles. The Hall–Kier alpha value is -3.27. The third-order valence-electron chi connectivity index (χ3n) is 4.46. The first-order valence-electron chi connectivity index (χ1n) is 9.93. The third kappa shape index (κ3) is 6.61. The van der Waals surface area contributed by atoms with Gasteiger partial charge in [0.2, 0.25) is 15.9 Å². The molecule has 0 aromatic heterocycles. The van der Waals surface area contributed by atoms with Crippen molar-refractivity contribution in [3.63, 3.8) is 0 Å². The highest BCUT2D eigenvalue weighted by Crippen LogP contribution is 2.33. The van der Waals surface area contributed by atoms with Crippen LogP contribution in [0.1, 0.15) is 24.2 Å². The van der Waals surface area contributed by atoms with E-state index in [9.17, 15) is 18.0 Å². The number of para-hydroxylation sites is 1. The fraction of sp³-hybridized carbons (Fsp3) is 0.364. The van der Waals surface area contributed by atoms with Gasteiger partial charge in [-0.05, 0) is 30.2 Å². The Bertz CT molecular complexity index is 1070. The lowest BCUT2D eigenvalue weighted by Gasteiger charge is -2.24. The lowest BCUT2D eigenvalue weighted by atomic mass is 10.1. The Morgan fingerprint density at radius 1 is 1.06 bits per heavy atom.